The van der Waals surface area contributed by atoms with Gasteiger partial charge in [-0.15, -0.1) is 0 Å². The van der Waals surface area contributed by atoms with Gasteiger partial charge in [0, 0.05) is 38.2 Å². The van der Waals surface area contributed by atoms with Gasteiger partial charge in [0.1, 0.15) is 5.75 Å². The molecule has 0 saturated heterocycles. The van der Waals surface area contributed by atoms with E-state index in [1.165, 1.54) is 16.6 Å². The highest BCUT2D eigenvalue weighted by molar-refractivity contribution is 9.10. The number of rotatable bonds is 2. The van der Waals surface area contributed by atoms with Crippen LogP contribution in [0.2, 0.25) is 5.02 Å². The van der Waals surface area contributed by atoms with Crippen LogP contribution in [0.3, 0.4) is 0 Å². The minimum Gasteiger partial charge on any atom is -0.496 e. The Morgan fingerprint density at radius 3 is 2.88 bits per heavy atom. The molecule has 5 heteroatoms. The average Bonchev–Trinajstić information content (AvgIpc) is 2.95. The number of H-pyrrole nitrogens is 1. The molecule has 1 unspecified atom stereocenters. The molecule has 0 bridgehead atoms. The molecule has 3 aromatic rings. The maximum absolute atomic E-state index is 6.39. The van der Waals surface area contributed by atoms with Crippen molar-refractivity contribution in [2.75, 3.05) is 13.7 Å². The van der Waals surface area contributed by atoms with E-state index in [9.17, 15) is 0 Å². The maximum Gasteiger partial charge on any atom is 0.124 e. The van der Waals surface area contributed by atoms with E-state index in [0.29, 0.717) is 0 Å². The first-order chi connectivity index (χ1) is 11.6. The van der Waals surface area contributed by atoms with Crippen LogP contribution in [-0.4, -0.2) is 18.6 Å². The van der Waals surface area contributed by atoms with Crippen LogP contribution in [0.25, 0.3) is 10.9 Å². The van der Waals surface area contributed by atoms with E-state index in [1.54, 1.807) is 7.11 Å². The SMILES string of the molecule is COc1cc(C)c(Cl)cc1C1NCCc2c1[nH]c1ccc(Br)cc21. The van der Waals surface area contributed by atoms with Crippen molar-refractivity contribution in [1.29, 1.82) is 0 Å². The van der Waals surface area contributed by atoms with Gasteiger partial charge in [0.15, 0.2) is 0 Å². The zero-order valence-corrected chi connectivity index (χ0v) is 15.9. The quantitative estimate of drug-likeness (QED) is 0.620. The highest BCUT2D eigenvalue weighted by Gasteiger charge is 2.28. The molecule has 1 aromatic heterocycles. The summed E-state index contributed by atoms with van der Waals surface area (Å²) in [4.78, 5) is 3.60. The molecule has 3 nitrogen and oxygen atoms in total. The number of fused-ring (bicyclic) bond motifs is 3. The first-order valence-electron chi connectivity index (χ1n) is 7.96. The number of benzene rings is 2. The number of aryl methyl sites for hydroxylation is 1. The van der Waals surface area contributed by atoms with E-state index in [1.807, 2.05) is 19.1 Å². The predicted octanol–water partition coefficient (Wildman–Crippen LogP) is 5.14. The van der Waals surface area contributed by atoms with Crippen LogP contribution in [-0.2, 0) is 6.42 Å². The summed E-state index contributed by atoms with van der Waals surface area (Å²) < 4.78 is 6.72. The Bertz CT molecular complexity index is 935. The van der Waals surface area contributed by atoms with Gasteiger partial charge < -0.3 is 15.0 Å². The van der Waals surface area contributed by atoms with Crippen LogP contribution in [0.5, 0.6) is 5.75 Å². The van der Waals surface area contributed by atoms with Crippen LogP contribution < -0.4 is 10.1 Å². The average molecular weight is 406 g/mol. The van der Waals surface area contributed by atoms with E-state index in [2.05, 4.69) is 44.4 Å². The summed E-state index contributed by atoms with van der Waals surface area (Å²) in [5.74, 6) is 0.863. The second-order valence-electron chi connectivity index (χ2n) is 6.19. The first-order valence-corrected chi connectivity index (χ1v) is 9.13. The van der Waals surface area contributed by atoms with Crippen LogP contribution in [0.4, 0.5) is 0 Å². The van der Waals surface area contributed by atoms with Gasteiger partial charge in [-0.25, -0.2) is 0 Å². The lowest BCUT2D eigenvalue weighted by Gasteiger charge is -2.26. The molecule has 2 aromatic carbocycles. The zero-order chi connectivity index (χ0) is 16.8. The molecule has 24 heavy (non-hydrogen) atoms. The lowest BCUT2D eigenvalue weighted by molar-refractivity contribution is 0.401. The largest absolute Gasteiger partial charge is 0.496 e. The van der Waals surface area contributed by atoms with E-state index in [4.69, 9.17) is 16.3 Å². The number of halogens is 2. The summed E-state index contributed by atoms with van der Waals surface area (Å²) in [7, 11) is 1.71. The summed E-state index contributed by atoms with van der Waals surface area (Å²) >= 11 is 9.97. The van der Waals surface area contributed by atoms with Crippen molar-refractivity contribution in [2.24, 2.45) is 0 Å². The van der Waals surface area contributed by atoms with Crippen LogP contribution >= 0.6 is 27.5 Å². The topological polar surface area (TPSA) is 37.0 Å². The number of methoxy groups -OCH3 is 1. The molecule has 1 aliphatic rings. The van der Waals surface area contributed by atoms with Gasteiger partial charge in [-0.1, -0.05) is 27.5 Å². The third kappa shape index (κ3) is 2.53. The predicted molar refractivity (Wildman–Crippen MR) is 102 cm³/mol. The van der Waals surface area contributed by atoms with Crippen molar-refractivity contribution >= 4 is 38.4 Å². The number of hydrogen-bond acceptors (Lipinski definition) is 2. The molecule has 1 atom stereocenters. The standard InChI is InChI=1S/C19H18BrClN2O/c1-10-7-17(24-2)14(9-15(10)21)18-19-12(5-6-22-18)13-8-11(20)3-4-16(13)23-19/h3-4,7-9,18,22-23H,5-6H2,1-2H3. The maximum atomic E-state index is 6.39. The van der Waals surface area contributed by atoms with Crippen LogP contribution in [0.1, 0.15) is 28.4 Å². The molecular formula is C19H18BrClN2O. The molecule has 0 spiro atoms. The number of nitrogens with one attached hydrogen (secondary N) is 2. The van der Waals surface area contributed by atoms with Crippen molar-refractivity contribution in [3.63, 3.8) is 0 Å². The fourth-order valence-corrected chi connectivity index (χ4v) is 4.07. The van der Waals surface area contributed by atoms with E-state index in [-0.39, 0.29) is 6.04 Å². The summed E-state index contributed by atoms with van der Waals surface area (Å²) in [6.45, 7) is 2.92. The second-order valence-corrected chi connectivity index (χ2v) is 7.51. The molecule has 124 valence electrons. The minimum atomic E-state index is 0.0491. The van der Waals surface area contributed by atoms with Crippen LogP contribution in [0.15, 0.2) is 34.8 Å². The molecule has 0 amide bonds. The third-order valence-corrected chi connectivity index (χ3v) is 5.64. The van der Waals surface area contributed by atoms with Gasteiger partial charge in [-0.2, -0.15) is 0 Å². The number of ether oxygens (including phenoxy) is 1. The molecule has 0 saturated carbocycles. The monoisotopic (exact) mass is 404 g/mol. The van der Waals surface area contributed by atoms with Crippen molar-refractivity contribution < 1.29 is 4.74 Å². The Morgan fingerprint density at radius 2 is 2.08 bits per heavy atom. The molecule has 2 heterocycles. The Kier molecular flexibility index (Phi) is 4.07. The van der Waals surface area contributed by atoms with Gasteiger partial charge in [0.2, 0.25) is 0 Å². The van der Waals surface area contributed by atoms with Gasteiger partial charge in [-0.3, -0.25) is 0 Å². The van der Waals surface area contributed by atoms with Crippen molar-refractivity contribution in [1.82, 2.24) is 10.3 Å². The first kappa shape index (κ1) is 16.0. The normalized spacial score (nSPS) is 17.1. The number of aromatic amines is 1. The van der Waals surface area contributed by atoms with Gasteiger partial charge in [0.05, 0.1) is 13.2 Å². The lowest BCUT2D eigenvalue weighted by atomic mass is 9.93. The Balaban J connectivity index is 1.91. The smallest absolute Gasteiger partial charge is 0.124 e. The minimum absolute atomic E-state index is 0.0491. The summed E-state index contributed by atoms with van der Waals surface area (Å²) in [6, 6.07) is 10.4. The van der Waals surface area contributed by atoms with Crippen molar-refractivity contribution in [2.45, 2.75) is 19.4 Å². The van der Waals surface area contributed by atoms with Gasteiger partial charge in [0.25, 0.3) is 0 Å². The highest BCUT2D eigenvalue weighted by Crippen LogP contribution is 2.39. The molecule has 0 fully saturated rings. The Hall–Kier alpha value is -1.49. The molecule has 4 rings (SSSR count). The number of hydrogen-bond donors (Lipinski definition) is 2. The highest BCUT2D eigenvalue weighted by atomic mass is 79.9. The zero-order valence-electron chi connectivity index (χ0n) is 13.5. The van der Waals surface area contributed by atoms with E-state index in [0.717, 1.165) is 44.9 Å². The lowest BCUT2D eigenvalue weighted by Crippen LogP contribution is -2.30. The fraction of sp³-hybridized carbons (Fsp3) is 0.263. The van der Waals surface area contributed by atoms with Gasteiger partial charge in [-0.05, 0) is 54.8 Å². The Morgan fingerprint density at radius 1 is 1.25 bits per heavy atom. The molecule has 2 N–H and O–H groups in total. The molecule has 0 radical (unpaired) electrons. The molecular weight excluding hydrogens is 388 g/mol. The van der Waals surface area contributed by atoms with Crippen LogP contribution in [0, 0.1) is 6.92 Å². The Labute approximate surface area is 154 Å². The van der Waals surface area contributed by atoms with E-state index < -0.39 is 0 Å². The fourth-order valence-electron chi connectivity index (χ4n) is 3.54. The summed E-state index contributed by atoms with van der Waals surface area (Å²) in [5.41, 5.74) is 5.82. The summed E-state index contributed by atoms with van der Waals surface area (Å²) in [6.07, 6.45) is 1.00. The third-order valence-electron chi connectivity index (χ3n) is 4.74. The second kappa shape index (κ2) is 6.10. The van der Waals surface area contributed by atoms with E-state index >= 15 is 0 Å². The van der Waals surface area contributed by atoms with Gasteiger partial charge >= 0.3 is 0 Å². The number of aromatic nitrogens is 1. The molecule has 1 aliphatic heterocycles. The summed E-state index contributed by atoms with van der Waals surface area (Å²) in [5, 5.41) is 5.65. The van der Waals surface area contributed by atoms with Crippen molar-refractivity contribution in [3.8, 4) is 5.75 Å². The van der Waals surface area contributed by atoms with Crippen molar-refractivity contribution in [3.05, 3.63) is 62.2 Å². The molecule has 0 aliphatic carbocycles.